The second kappa shape index (κ2) is 5.42. The minimum Gasteiger partial charge on any atom is -0.508 e. The van der Waals surface area contributed by atoms with E-state index in [1.807, 2.05) is 36.4 Å². The molecule has 1 aliphatic carbocycles. The molecule has 0 aromatic heterocycles. The smallest absolute Gasteiger partial charge is 0.315 e. The highest BCUT2D eigenvalue weighted by Gasteiger charge is 2.35. The molecule has 0 amide bonds. The van der Waals surface area contributed by atoms with Gasteiger partial charge in [0.05, 0.1) is 0 Å². The molecule has 3 aromatic rings. The Kier molecular flexibility index (Phi) is 3.24. The molecule has 0 heterocycles. The van der Waals surface area contributed by atoms with Crippen LogP contribution in [0.1, 0.15) is 17.0 Å². The highest BCUT2D eigenvalue weighted by Crippen LogP contribution is 2.49. The van der Waals surface area contributed by atoms with E-state index in [2.05, 4.69) is 0 Å². The van der Waals surface area contributed by atoms with E-state index in [-0.39, 0.29) is 5.75 Å². The molecule has 1 unspecified atom stereocenters. The summed E-state index contributed by atoms with van der Waals surface area (Å²) < 4.78 is 5.96. The van der Waals surface area contributed by atoms with Crippen molar-refractivity contribution in [3.05, 3.63) is 77.9 Å². The molecule has 0 bridgehead atoms. The van der Waals surface area contributed by atoms with E-state index in [0.29, 0.717) is 11.5 Å². The Morgan fingerprint density at radius 2 is 1.58 bits per heavy atom. The van der Waals surface area contributed by atoms with Crippen molar-refractivity contribution in [2.24, 2.45) is 0 Å². The number of carbonyl (C=O) groups is 1. The van der Waals surface area contributed by atoms with Crippen LogP contribution in [0, 0.1) is 0 Å². The monoisotopic (exact) mass is 318 g/mol. The van der Waals surface area contributed by atoms with Gasteiger partial charge in [0, 0.05) is 5.56 Å². The first kappa shape index (κ1) is 14.3. The fraction of sp³-hybridized carbons (Fsp3) is 0.0500. The zero-order valence-corrected chi connectivity index (χ0v) is 12.6. The van der Waals surface area contributed by atoms with E-state index in [4.69, 9.17) is 4.74 Å². The summed E-state index contributed by atoms with van der Waals surface area (Å²) in [5, 5.41) is 19.0. The number of hydrogen-bond donors (Lipinski definition) is 2. The van der Waals surface area contributed by atoms with Crippen molar-refractivity contribution in [1.29, 1.82) is 0 Å². The Morgan fingerprint density at radius 1 is 0.875 bits per heavy atom. The molecule has 0 saturated heterocycles. The molecular formula is C20H14O4. The number of aromatic hydroxyl groups is 1. The van der Waals surface area contributed by atoms with Gasteiger partial charge in [0.2, 0.25) is 0 Å². The molecule has 3 aromatic carbocycles. The van der Waals surface area contributed by atoms with Crippen molar-refractivity contribution in [3.8, 4) is 28.4 Å². The summed E-state index contributed by atoms with van der Waals surface area (Å²) in [6.07, 6.45) is 0. The number of ether oxygens (including phenoxy) is 1. The van der Waals surface area contributed by atoms with Crippen LogP contribution in [0.5, 0.6) is 17.2 Å². The second-order valence-corrected chi connectivity index (χ2v) is 5.67. The number of phenols is 1. The zero-order valence-electron chi connectivity index (χ0n) is 12.6. The molecule has 0 aliphatic heterocycles. The molecule has 1 atom stereocenters. The zero-order chi connectivity index (χ0) is 16.7. The lowest BCUT2D eigenvalue weighted by atomic mass is 9.97. The maximum absolute atomic E-state index is 11.8. The summed E-state index contributed by atoms with van der Waals surface area (Å²) in [7, 11) is 0. The van der Waals surface area contributed by atoms with Gasteiger partial charge < -0.3 is 14.9 Å². The molecular weight excluding hydrogens is 304 g/mol. The van der Waals surface area contributed by atoms with E-state index in [1.54, 1.807) is 30.3 Å². The first-order valence-electron chi connectivity index (χ1n) is 7.57. The Labute approximate surface area is 138 Å². The van der Waals surface area contributed by atoms with Gasteiger partial charge in [-0.25, -0.2) is 0 Å². The lowest BCUT2D eigenvalue weighted by Crippen LogP contribution is -2.09. The molecule has 24 heavy (non-hydrogen) atoms. The largest absolute Gasteiger partial charge is 0.508 e. The average molecular weight is 318 g/mol. The van der Waals surface area contributed by atoms with Crippen LogP contribution in [0.3, 0.4) is 0 Å². The summed E-state index contributed by atoms with van der Waals surface area (Å²) in [6.45, 7) is 0. The molecule has 4 nitrogen and oxygen atoms in total. The normalized spacial score (nSPS) is 14.8. The van der Waals surface area contributed by atoms with E-state index < -0.39 is 11.9 Å². The van der Waals surface area contributed by atoms with Crippen LogP contribution in [0.15, 0.2) is 66.7 Å². The van der Waals surface area contributed by atoms with Gasteiger partial charge in [-0.15, -0.1) is 0 Å². The van der Waals surface area contributed by atoms with Gasteiger partial charge in [-0.2, -0.15) is 0 Å². The molecule has 1 aliphatic rings. The first-order valence-corrected chi connectivity index (χ1v) is 7.57. The van der Waals surface area contributed by atoms with Gasteiger partial charge in [-0.3, -0.25) is 4.79 Å². The standard InChI is InChI=1S/C20H14O4/c21-12-8-10-13(11-9-12)24-17-7-3-6-16-18(17)14-4-1-2-5-15(14)19(16)20(22)23/h1-11,19,21H,(H,22,23). The van der Waals surface area contributed by atoms with Crippen molar-refractivity contribution in [3.63, 3.8) is 0 Å². The van der Waals surface area contributed by atoms with Crippen LogP contribution in [0.2, 0.25) is 0 Å². The maximum Gasteiger partial charge on any atom is 0.315 e. The predicted molar refractivity (Wildman–Crippen MR) is 89.5 cm³/mol. The molecule has 0 saturated carbocycles. The van der Waals surface area contributed by atoms with Crippen molar-refractivity contribution in [2.75, 3.05) is 0 Å². The van der Waals surface area contributed by atoms with E-state index in [0.717, 1.165) is 22.3 Å². The maximum atomic E-state index is 11.8. The summed E-state index contributed by atoms with van der Waals surface area (Å²) >= 11 is 0. The number of fused-ring (bicyclic) bond motifs is 3. The van der Waals surface area contributed by atoms with Crippen LogP contribution in [-0.4, -0.2) is 16.2 Å². The van der Waals surface area contributed by atoms with Gasteiger partial charge in [-0.05, 0) is 47.0 Å². The van der Waals surface area contributed by atoms with E-state index >= 15 is 0 Å². The summed E-state index contributed by atoms with van der Waals surface area (Å²) in [6, 6.07) is 19.4. The van der Waals surface area contributed by atoms with Crippen LogP contribution >= 0.6 is 0 Å². The molecule has 0 spiro atoms. The lowest BCUT2D eigenvalue weighted by molar-refractivity contribution is -0.137. The molecule has 4 heteroatoms. The fourth-order valence-electron chi connectivity index (χ4n) is 3.21. The van der Waals surface area contributed by atoms with Crippen molar-refractivity contribution in [2.45, 2.75) is 5.92 Å². The van der Waals surface area contributed by atoms with Crippen molar-refractivity contribution < 1.29 is 19.7 Å². The van der Waals surface area contributed by atoms with Gasteiger partial charge in [0.15, 0.2) is 0 Å². The van der Waals surface area contributed by atoms with Crippen LogP contribution in [0.4, 0.5) is 0 Å². The van der Waals surface area contributed by atoms with Gasteiger partial charge in [0.1, 0.15) is 23.2 Å². The predicted octanol–water partition coefficient (Wildman–Crippen LogP) is 4.38. The van der Waals surface area contributed by atoms with Crippen LogP contribution in [0.25, 0.3) is 11.1 Å². The van der Waals surface area contributed by atoms with Gasteiger partial charge in [-0.1, -0.05) is 36.4 Å². The Hall–Kier alpha value is -3.27. The van der Waals surface area contributed by atoms with E-state index in [1.165, 1.54) is 0 Å². The van der Waals surface area contributed by atoms with E-state index in [9.17, 15) is 15.0 Å². The number of carboxylic acids is 1. The number of hydrogen-bond acceptors (Lipinski definition) is 3. The third-order valence-corrected chi connectivity index (χ3v) is 4.22. The minimum absolute atomic E-state index is 0.164. The Morgan fingerprint density at radius 3 is 2.33 bits per heavy atom. The van der Waals surface area contributed by atoms with Crippen LogP contribution in [-0.2, 0) is 4.79 Å². The van der Waals surface area contributed by atoms with Gasteiger partial charge >= 0.3 is 5.97 Å². The minimum atomic E-state index is -0.872. The highest BCUT2D eigenvalue weighted by molar-refractivity contribution is 5.94. The number of benzene rings is 3. The quantitative estimate of drug-likeness (QED) is 0.752. The fourth-order valence-corrected chi connectivity index (χ4v) is 3.21. The molecule has 0 fully saturated rings. The summed E-state index contributed by atoms with van der Waals surface area (Å²) in [4.78, 5) is 11.8. The lowest BCUT2D eigenvalue weighted by Gasteiger charge is -2.12. The summed E-state index contributed by atoms with van der Waals surface area (Å²) in [5.74, 6) is -0.202. The number of aliphatic carboxylic acids is 1. The Balaban J connectivity index is 1.86. The first-order chi connectivity index (χ1) is 11.6. The van der Waals surface area contributed by atoms with Crippen LogP contribution < -0.4 is 4.74 Å². The number of carboxylic acid groups (broad SMARTS) is 1. The summed E-state index contributed by atoms with van der Waals surface area (Å²) in [5.41, 5.74) is 3.21. The molecule has 4 rings (SSSR count). The SMILES string of the molecule is O=C(O)C1c2ccccc2-c2c(Oc3ccc(O)cc3)cccc21. The molecule has 2 N–H and O–H groups in total. The third-order valence-electron chi connectivity index (χ3n) is 4.22. The topological polar surface area (TPSA) is 66.8 Å². The average Bonchev–Trinajstić information content (AvgIpc) is 2.92. The van der Waals surface area contributed by atoms with Gasteiger partial charge in [0.25, 0.3) is 0 Å². The Bertz CT molecular complexity index is 929. The highest BCUT2D eigenvalue weighted by atomic mass is 16.5. The number of phenolic OH excluding ortho intramolecular Hbond substituents is 1. The molecule has 0 radical (unpaired) electrons. The number of rotatable bonds is 3. The second-order valence-electron chi connectivity index (χ2n) is 5.67. The molecule has 118 valence electrons. The third kappa shape index (κ3) is 2.20. The van der Waals surface area contributed by atoms with Crippen molar-refractivity contribution >= 4 is 5.97 Å². The van der Waals surface area contributed by atoms with Crippen molar-refractivity contribution in [1.82, 2.24) is 0 Å².